The van der Waals surface area contributed by atoms with Gasteiger partial charge in [0, 0.05) is 17.9 Å². The predicted octanol–water partition coefficient (Wildman–Crippen LogP) is 4.17. The number of hydrogen-bond acceptors (Lipinski definition) is 4. The van der Waals surface area contributed by atoms with Gasteiger partial charge in [0.05, 0.1) is 29.2 Å². The molecule has 0 amide bonds. The summed E-state index contributed by atoms with van der Waals surface area (Å²) in [6.07, 6.45) is -2.40. The number of ether oxygens (including phenoxy) is 2. The zero-order valence-corrected chi connectivity index (χ0v) is 15.8. The van der Waals surface area contributed by atoms with Gasteiger partial charge in [0.15, 0.2) is 0 Å². The van der Waals surface area contributed by atoms with E-state index >= 15 is 0 Å². The maximum Gasteiger partial charge on any atom is 0.416 e. The minimum Gasteiger partial charge on any atom is -0.458 e. The van der Waals surface area contributed by atoms with E-state index in [9.17, 15) is 18.0 Å². The van der Waals surface area contributed by atoms with Crippen LogP contribution in [0.4, 0.5) is 13.2 Å². The number of nitrogens with zero attached hydrogens (tertiary/aromatic N) is 2. The van der Waals surface area contributed by atoms with Gasteiger partial charge in [0.25, 0.3) is 0 Å². The fourth-order valence-electron chi connectivity index (χ4n) is 4.38. The van der Waals surface area contributed by atoms with Gasteiger partial charge in [-0.25, -0.2) is 9.48 Å². The zero-order valence-electron chi connectivity index (χ0n) is 15.8. The topological polar surface area (TPSA) is 53.4 Å². The van der Waals surface area contributed by atoms with Crippen LogP contribution >= 0.6 is 0 Å². The first-order chi connectivity index (χ1) is 13.1. The van der Waals surface area contributed by atoms with E-state index in [1.165, 1.54) is 23.0 Å². The molecule has 150 valence electrons. The van der Waals surface area contributed by atoms with Crippen LogP contribution in [0.25, 0.3) is 5.69 Å². The Balaban J connectivity index is 1.57. The molecule has 1 aromatic carbocycles. The van der Waals surface area contributed by atoms with Gasteiger partial charge in [-0.3, -0.25) is 0 Å². The highest BCUT2D eigenvalue weighted by Gasteiger charge is 2.61. The van der Waals surface area contributed by atoms with Crippen molar-refractivity contribution in [3.63, 3.8) is 0 Å². The molecular formula is C20H21F3N2O3. The molecular weight excluding hydrogens is 373 g/mol. The van der Waals surface area contributed by atoms with E-state index in [1.54, 1.807) is 6.92 Å². The smallest absolute Gasteiger partial charge is 0.416 e. The number of esters is 1. The Morgan fingerprint density at radius 2 is 2.11 bits per heavy atom. The average molecular weight is 394 g/mol. The van der Waals surface area contributed by atoms with Crippen molar-refractivity contribution in [1.82, 2.24) is 9.78 Å². The van der Waals surface area contributed by atoms with E-state index in [1.807, 2.05) is 13.8 Å². The molecule has 3 atom stereocenters. The monoisotopic (exact) mass is 394 g/mol. The van der Waals surface area contributed by atoms with Gasteiger partial charge >= 0.3 is 12.1 Å². The summed E-state index contributed by atoms with van der Waals surface area (Å²) in [5, 5.41) is 4.11. The van der Waals surface area contributed by atoms with Gasteiger partial charge in [-0.05, 0) is 31.5 Å². The van der Waals surface area contributed by atoms with Gasteiger partial charge in [-0.15, -0.1) is 0 Å². The van der Waals surface area contributed by atoms with Crippen molar-refractivity contribution in [2.24, 2.45) is 11.3 Å². The van der Waals surface area contributed by atoms with E-state index in [2.05, 4.69) is 5.10 Å². The standard InChI is InChI=1S/C20H21F3N2O3/c1-11-15(18(26)28-17-14-7-8-27-16(14)19(17,2)3)10-24-25(11)13-6-4-5-12(9-13)20(21,22)23/h4-6,9-10,14,16-17H,7-8H2,1-3H3/t14-,16+,17+/m0/s1. The molecule has 1 aliphatic carbocycles. The van der Waals surface area contributed by atoms with Crippen molar-refractivity contribution in [3.05, 3.63) is 47.3 Å². The van der Waals surface area contributed by atoms with Crippen LogP contribution in [-0.2, 0) is 15.7 Å². The van der Waals surface area contributed by atoms with Crippen molar-refractivity contribution in [1.29, 1.82) is 0 Å². The average Bonchev–Trinajstić information content (AvgIpc) is 3.24. The van der Waals surface area contributed by atoms with E-state index in [0.29, 0.717) is 12.3 Å². The van der Waals surface area contributed by atoms with Crippen LogP contribution in [0.15, 0.2) is 30.5 Å². The minimum atomic E-state index is -4.45. The number of benzene rings is 1. The van der Waals surface area contributed by atoms with Crippen molar-refractivity contribution in [2.75, 3.05) is 6.61 Å². The van der Waals surface area contributed by atoms with Crippen LogP contribution in [0, 0.1) is 18.3 Å². The Kier molecular flexibility index (Phi) is 4.30. The molecule has 2 aromatic rings. The fraction of sp³-hybridized carbons (Fsp3) is 0.500. The Hall–Kier alpha value is -2.35. The van der Waals surface area contributed by atoms with Crippen molar-refractivity contribution in [3.8, 4) is 5.69 Å². The molecule has 5 nitrogen and oxygen atoms in total. The number of fused-ring (bicyclic) bond motifs is 1. The summed E-state index contributed by atoms with van der Waals surface area (Å²) in [6, 6.07) is 4.83. The van der Waals surface area contributed by atoms with Gasteiger partial charge in [0.1, 0.15) is 11.7 Å². The van der Waals surface area contributed by atoms with Crippen molar-refractivity contribution < 1.29 is 27.4 Å². The summed E-state index contributed by atoms with van der Waals surface area (Å²) in [5.74, 6) is -0.322. The molecule has 0 spiro atoms. The maximum absolute atomic E-state index is 13.0. The van der Waals surface area contributed by atoms with Gasteiger partial charge < -0.3 is 9.47 Å². The molecule has 4 rings (SSSR count). The predicted molar refractivity (Wildman–Crippen MR) is 94.1 cm³/mol. The molecule has 8 heteroatoms. The fourth-order valence-corrected chi connectivity index (χ4v) is 4.38. The first-order valence-corrected chi connectivity index (χ1v) is 9.15. The highest BCUT2D eigenvalue weighted by molar-refractivity contribution is 5.90. The van der Waals surface area contributed by atoms with E-state index in [4.69, 9.17) is 9.47 Å². The molecule has 0 radical (unpaired) electrons. The number of hydrogen-bond donors (Lipinski definition) is 0. The minimum absolute atomic E-state index is 0.0965. The van der Waals surface area contributed by atoms with E-state index < -0.39 is 17.7 Å². The van der Waals surface area contributed by atoms with Crippen LogP contribution < -0.4 is 0 Å². The lowest BCUT2D eigenvalue weighted by atomic mass is 9.59. The molecule has 1 aliphatic heterocycles. The van der Waals surface area contributed by atoms with Crippen molar-refractivity contribution >= 4 is 5.97 Å². The SMILES string of the molecule is Cc1c(C(=O)O[C@@H]2[C@H]3CCO[C@H]3C2(C)C)cnn1-c1cccc(C(F)(F)F)c1. The van der Waals surface area contributed by atoms with Gasteiger partial charge in [-0.1, -0.05) is 19.9 Å². The van der Waals surface area contributed by atoms with Crippen LogP contribution in [-0.4, -0.2) is 34.6 Å². The molecule has 2 fully saturated rings. The quantitative estimate of drug-likeness (QED) is 0.734. The highest BCUT2D eigenvalue weighted by Crippen LogP contribution is 2.53. The van der Waals surface area contributed by atoms with E-state index in [-0.39, 0.29) is 34.8 Å². The summed E-state index contributed by atoms with van der Waals surface area (Å²) in [7, 11) is 0. The maximum atomic E-state index is 13.0. The molecule has 1 saturated carbocycles. The summed E-state index contributed by atoms with van der Waals surface area (Å²) >= 11 is 0. The van der Waals surface area contributed by atoms with Gasteiger partial charge in [-0.2, -0.15) is 18.3 Å². The molecule has 28 heavy (non-hydrogen) atoms. The first kappa shape index (κ1) is 19.0. The summed E-state index contributed by atoms with van der Waals surface area (Å²) in [5.41, 5.74) is -0.120. The Labute approximate surface area is 160 Å². The number of carbonyl (C=O) groups is 1. The lowest BCUT2D eigenvalue weighted by Gasteiger charge is -2.53. The van der Waals surface area contributed by atoms with Gasteiger partial charge in [0.2, 0.25) is 0 Å². The third-order valence-electron chi connectivity index (χ3n) is 5.87. The number of rotatable bonds is 3. The Morgan fingerprint density at radius 1 is 1.36 bits per heavy atom. The lowest BCUT2D eigenvalue weighted by molar-refractivity contribution is -0.183. The highest BCUT2D eigenvalue weighted by atomic mass is 19.4. The van der Waals surface area contributed by atoms with Crippen LogP contribution in [0.1, 0.15) is 41.9 Å². The number of carbonyl (C=O) groups excluding carboxylic acids is 1. The molecule has 2 heterocycles. The number of halogens is 3. The third kappa shape index (κ3) is 2.90. The number of aromatic nitrogens is 2. The van der Waals surface area contributed by atoms with E-state index in [0.717, 1.165) is 18.6 Å². The summed E-state index contributed by atoms with van der Waals surface area (Å²) in [6.45, 7) is 6.32. The summed E-state index contributed by atoms with van der Waals surface area (Å²) in [4.78, 5) is 12.7. The van der Waals surface area contributed by atoms with Crippen LogP contribution in [0.5, 0.6) is 0 Å². The molecule has 1 saturated heterocycles. The largest absolute Gasteiger partial charge is 0.458 e. The normalized spacial score (nSPS) is 25.9. The summed E-state index contributed by atoms with van der Waals surface area (Å²) < 4.78 is 51.7. The van der Waals surface area contributed by atoms with Crippen LogP contribution in [0.2, 0.25) is 0 Å². The molecule has 2 aliphatic rings. The third-order valence-corrected chi connectivity index (χ3v) is 5.87. The second kappa shape index (κ2) is 6.34. The molecule has 1 aromatic heterocycles. The zero-order chi connectivity index (χ0) is 20.3. The first-order valence-electron chi connectivity index (χ1n) is 9.15. The second-order valence-electron chi connectivity index (χ2n) is 7.99. The lowest BCUT2D eigenvalue weighted by Crippen LogP contribution is -2.61. The number of alkyl halides is 3. The molecule has 0 unspecified atom stereocenters. The second-order valence-corrected chi connectivity index (χ2v) is 7.99. The molecule has 0 bridgehead atoms. The van der Waals surface area contributed by atoms with Crippen molar-refractivity contribution in [2.45, 2.75) is 45.6 Å². The Bertz CT molecular complexity index is 920. The van der Waals surface area contributed by atoms with Crippen LogP contribution in [0.3, 0.4) is 0 Å². The molecule has 0 N–H and O–H groups in total. The Morgan fingerprint density at radius 3 is 2.82 bits per heavy atom.